The van der Waals surface area contributed by atoms with E-state index in [0.29, 0.717) is 10.2 Å². The fraction of sp³-hybridized carbons (Fsp3) is 0.333. The summed E-state index contributed by atoms with van der Waals surface area (Å²) in [7, 11) is 3.38. The summed E-state index contributed by atoms with van der Waals surface area (Å²) in [4.78, 5) is 15.2. The number of hydrogen-bond acceptors (Lipinski definition) is 2. The van der Waals surface area contributed by atoms with Gasteiger partial charge in [-0.1, -0.05) is 6.82 Å². The zero-order chi connectivity index (χ0) is 8.43. The van der Waals surface area contributed by atoms with E-state index in [1.54, 1.807) is 27.3 Å². The van der Waals surface area contributed by atoms with E-state index in [4.69, 9.17) is 0 Å². The van der Waals surface area contributed by atoms with E-state index in [2.05, 4.69) is 20.9 Å². The van der Waals surface area contributed by atoms with Crippen LogP contribution in [-0.2, 0) is 7.05 Å². The number of halogens is 1. The molecule has 0 atom stereocenters. The monoisotopic (exact) mass is 213 g/mol. The lowest BCUT2D eigenvalue weighted by atomic mass is 9.78. The maximum atomic E-state index is 11.2. The maximum Gasteiger partial charge on any atom is 0.261 e. The summed E-state index contributed by atoms with van der Waals surface area (Å²) in [5.74, 6) is 0. The first-order chi connectivity index (χ1) is 5.15. The van der Waals surface area contributed by atoms with Crippen LogP contribution < -0.4 is 11.2 Å². The Balaban J connectivity index is 3.37. The Bertz CT molecular complexity index is 323. The van der Waals surface area contributed by atoms with Crippen molar-refractivity contribution in [3.05, 3.63) is 21.2 Å². The summed E-state index contributed by atoms with van der Waals surface area (Å²) in [6.07, 6.45) is 1.63. The lowest BCUT2D eigenvalue weighted by molar-refractivity contribution is 0.844. The van der Waals surface area contributed by atoms with E-state index in [-0.39, 0.29) is 5.56 Å². The Morgan fingerprint density at radius 1 is 1.73 bits per heavy atom. The third kappa shape index (κ3) is 1.71. The van der Waals surface area contributed by atoms with E-state index in [9.17, 15) is 4.79 Å². The van der Waals surface area contributed by atoms with Crippen LogP contribution in [0.25, 0.3) is 0 Å². The zero-order valence-electron chi connectivity index (χ0n) is 6.34. The Morgan fingerprint density at radius 3 is 2.91 bits per heavy atom. The largest absolute Gasteiger partial charge is 0.315 e. The van der Waals surface area contributed by atoms with Gasteiger partial charge in [-0.15, -0.1) is 0 Å². The van der Waals surface area contributed by atoms with Crippen LogP contribution in [-0.4, -0.2) is 16.8 Å². The quantitative estimate of drug-likeness (QED) is 0.612. The van der Waals surface area contributed by atoms with Gasteiger partial charge in [-0.3, -0.25) is 4.79 Å². The van der Waals surface area contributed by atoms with E-state index in [1.165, 1.54) is 4.57 Å². The average molecular weight is 214 g/mol. The second-order valence-electron chi connectivity index (χ2n) is 2.15. The summed E-state index contributed by atoms with van der Waals surface area (Å²) in [5.41, 5.74) is 0.401. The van der Waals surface area contributed by atoms with Crippen molar-refractivity contribution in [1.82, 2.24) is 9.55 Å². The van der Waals surface area contributed by atoms with Gasteiger partial charge in [-0.2, -0.15) is 0 Å². The van der Waals surface area contributed by atoms with Gasteiger partial charge in [0.1, 0.15) is 4.60 Å². The Kier molecular flexibility index (Phi) is 2.49. The third-order valence-electron chi connectivity index (χ3n) is 1.34. The summed E-state index contributed by atoms with van der Waals surface area (Å²) < 4.78 is 2.17. The second kappa shape index (κ2) is 3.22. The van der Waals surface area contributed by atoms with Gasteiger partial charge in [-0.05, 0) is 15.9 Å². The minimum absolute atomic E-state index is 0.0734. The highest BCUT2D eigenvalue weighted by molar-refractivity contribution is 9.10. The Hall–Kier alpha value is -0.575. The molecule has 0 aliphatic rings. The molecule has 0 bridgehead atoms. The standard InChI is InChI=1S/C6H7BBrN2O/c1-7-5-6(11)10(2)3-4(8)9-5/h3H,1-2H3. The first-order valence-electron chi connectivity index (χ1n) is 3.17. The highest BCUT2D eigenvalue weighted by atomic mass is 79.9. The van der Waals surface area contributed by atoms with Gasteiger partial charge in [0, 0.05) is 13.2 Å². The van der Waals surface area contributed by atoms with Gasteiger partial charge in [0.25, 0.3) is 5.56 Å². The lowest BCUT2D eigenvalue weighted by Crippen LogP contribution is -2.38. The molecular weight excluding hydrogens is 207 g/mol. The molecule has 0 saturated heterocycles. The molecule has 5 heteroatoms. The highest BCUT2D eigenvalue weighted by Crippen LogP contribution is 1.97. The van der Waals surface area contributed by atoms with Gasteiger partial charge in [0.2, 0.25) is 0 Å². The van der Waals surface area contributed by atoms with E-state index in [1.807, 2.05) is 0 Å². The number of hydrogen-bond donors (Lipinski definition) is 0. The lowest BCUT2D eigenvalue weighted by Gasteiger charge is -2.00. The van der Waals surface area contributed by atoms with Crippen molar-refractivity contribution in [2.24, 2.45) is 7.05 Å². The molecule has 1 radical (unpaired) electrons. The molecule has 11 heavy (non-hydrogen) atoms. The van der Waals surface area contributed by atoms with Gasteiger partial charge < -0.3 is 4.57 Å². The number of nitrogens with zero attached hydrogens (tertiary/aromatic N) is 2. The molecule has 1 aromatic rings. The Labute approximate surface area is 73.8 Å². The van der Waals surface area contributed by atoms with Crippen LogP contribution in [0.3, 0.4) is 0 Å². The average Bonchev–Trinajstić information content (AvgIpc) is 1.96. The second-order valence-corrected chi connectivity index (χ2v) is 2.97. The predicted octanol–water partition coefficient (Wildman–Crippen LogP) is -0.0796. The molecule has 0 aliphatic carbocycles. The van der Waals surface area contributed by atoms with Gasteiger partial charge >= 0.3 is 0 Å². The first kappa shape index (κ1) is 8.52. The minimum atomic E-state index is -0.0734. The maximum absolute atomic E-state index is 11.2. The number of rotatable bonds is 1. The summed E-state index contributed by atoms with van der Waals surface area (Å²) in [5, 5.41) is 0. The van der Waals surface area contributed by atoms with Crippen molar-refractivity contribution in [3.8, 4) is 0 Å². The van der Waals surface area contributed by atoms with Crippen LogP contribution in [0.15, 0.2) is 15.6 Å². The van der Waals surface area contributed by atoms with Crippen molar-refractivity contribution in [2.45, 2.75) is 6.82 Å². The fourth-order valence-electron chi connectivity index (χ4n) is 0.779. The SMILES string of the molecule is C[B]c1nc(Br)cn(C)c1=O. The van der Waals surface area contributed by atoms with E-state index < -0.39 is 0 Å². The number of aromatic nitrogens is 2. The molecule has 0 aliphatic heterocycles. The first-order valence-corrected chi connectivity index (χ1v) is 3.97. The van der Waals surface area contributed by atoms with E-state index >= 15 is 0 Å². The van der Waals surface area contributed by atoms with Crippen molar-refractivity contribution in [2.75, 3.05) is 0 Å². The van der Waals surface area contributed by atoms with Gasteiger partial charge in [-0.25, -0.2) is 4.98 Å². The molecule has 3 nitrogen and oxygen atoms in total. The van der Waals surface area contributed by atoms with Crippen LogP contribution >= 0.6 is 15.9 Å². The molecule has 0 saturated carbocycles. The van der Waals surface area contributed by atoms with Crippen molar-refractivity contribution < 1.29 is 0 Å². The third-order valence-corrected chi connectivity index (χ3v) is 1.72. The van der Waals surface area contributed by atoms with Crippen LogP contribution in [0.4, 0.5) is 0 Å². The minimum Gasteiger partial charge on any atom is -0.315 e. The molecule has 0 amide bonds. The van der Waals surface area contributed by atoms with Crippen molar-refractivity contribution in [3.63, 3.8) is 0 Å². The van der Waals surface area contributed by atoms with Crippen LogP contribution in [0.2, 0.25) is 6.82 Å². The van der Waals surface area contributed by atoms with Crippen LogP contribution in [0.5, 0.6) is 0 Å². The highest BCUT2D eigenvalue weighted by Gasteiger charge is 2.01. The molecule has 0 spiro atoms. The molecule has 0 N–H and O–H groups in total. The Morgan fingerprint density at radius 2 is 2.36 bits per heavy atom. The molecule has 1 aromatic heterocycles. The smallest absolute Gasteiger partial charge is 0.261 e. The summed E-state index contributed by atoms with van der Waals surface area (Å²) in [6.45, 7) is 1.79. The van der Waals surface area contributed by atoms with Crippen LogP contribution in [0, 0.1) is 0 Å². The van der Waals surface area contributed by atoms with Crippen molar-refractivity contribution in [1.29, 1.82) is 0 Å². The molecule has 0 fully saturated rings. The van der Waals surface area contributed by atoms with Gasteiger partial charge in [0.15, 0.2) is 7.28 Å². The fourth-order valence-corrected chi connectivity index (χ4v) is 1.28. The molecule has 57 valence electrons. The predicted molar refractivity (Wildman–Crippen MR) is 48.4 cm³/mol. The summed E-state index contributed by atoms with van der Waals surface area (Å²) >= 11 is 3.20. The molecule has 0 aromatic carbocycles. The zero-order valence-corrected chi connectivity index (χ0v) is 7.92. The molecule has 0 unspecified atom stereocenters. The number of aryl methyl sites for hydroxylation is 1. The molecule has 1 heterocycles. The topological polar surface area (TPSA) is 34.9 Å². The molecule has 1 rings (SSSR count). The normalized spacial score (nSPS) is 9.73. The molecular formula is C6H7BBrN2O. The summed E-state index contributed by atoms with van der Waals surface area (Å²) in [6, 6.07) is 0. The van der Waals surface area contributed by atoms with Gasteiger partial charge in [0.05, 0.1) is 5.59 Å². The van der Waals surface area contributed by atoms with Crippen LogP contribution in [0.1, 0.15) is 0 Å². The van der Waals surface area contributed by atoms with E-state index in [0.717, 1.165) is 0 Å². The van der Waals surface area contributed by atoms with Crippen molar-refractivity contribution >= 4 is 28.8 Å².